The number of hydrogen-bond donors (Lipinski definition) is 1. The van der Waals surface area contributed by atoms with Crippen molar-refractivity contribution in [1.29, 1.82) is 0 Å². The van der Waals surface area contributed by atoms with Gasteiger partial charge >= 0.3 is 0 Å². The van der Waals surface area contributed by atoms with E-state index in [4.69, 9.17) is 14.2 Å². The molecule has 0 fully saturated rings. The van der Waals surface area contributed by atoms with Crippen molar-refractivity contribution in [2.24, 2.45) is 0 Å². The van der Waals surface area contributed by atoms with E-state index in [2.05, 4.69) is 12.2 Å². The van der Waals surface area contributed by atoms with E-state index in [1.165, 1.54) is 5.56 Å². The molecule has 0 aromatic heterocycles. The number of benzene rings is 1. The second-order valence-corrected chi connectivity index (χ2v) is 4.71. The highest BCUT2D eigenvalue weighted by molar-refractivity contribution is 5.76. The summed E-state index contributed by atoms with van der Waals surface area (Å²) in [7, 11) is 1.58. The van der Waals surface area contributed by atoms with Gasteiger partial charge < -0.3 is 19.5 Å². The van der Waals surface area contributed by atoms with Gasteiger partial charge in [0.2, 0.25) is 5.91 Å². The molecule has 5 nitrogen and oxygen atoms in total. The number of carbonyl (C=O) groups is 1. The Kier molecular flexibility index (Phi) is 9.24. The molecule has 0 aliphatic rings. The van der Waals surface area contributed by atoms with Crippen LogP contribution in [0.4, 0.5) is 0 Å². The summed E-state index contributed by atoms with van der Waals surface area (Å²) in [6, 6.07) is 8.04. The summed E-state index contributed by atoms with van der Waals surface area (Å²) in [5.74, 6) is 0.785. The summed E-state index contributed by atoms with van der Waals surface area (Å²) < 4.78 is 16.1. The first-order valence-corrected chi connectivity index (χ1v) is 7.28. The molecule has 1 aromatic carbocycles. The fourth-order valence-electron chi connectivity index (χ4n) is 1.59. The van der Waals surface area contributed by atoms with Gasteiger partial charge in [0, 0.05) is 13.7 Å². The number of amides is 1. The van der Waals surface area contributed by atoms with Crippen molar-refractivity contribution < 1.29 is 19.0 Å². The molecule has 0 bridgehead atoms. The minimum Gasteiger partial charge on any atom is -0.494 e. The summed E-state index contributed by atoms with van der Waals surface area (Å²) in [6.45, 7) is 4.47. The van der Waals surface area contributed by atoms with Gasteiger partial charge in [-0.15, -0.1) is 0 Å². The zero-order chi connectivity index (χ0) is 15.3. The van der Waals surface area contributed by atoms with E-state index < -0.39 is 0 Å². The van der Waals surface area contributed by atoms with E-state index in [1.54, 1.807) is 7.05 Å². The average molecular weight is 295 g/mol. The molecule has 0 saturated heterocycles. The van der Waals surface area contributed by atoms with Crippen LogP contribution in [0.15, 0.2) is 24.3 Å². The van der Waals surface area contributed by atoms with Crippen LogP contribution in [0.3, 0.4) is 0 Å². The van der Waals surface area contributed by atoms with E-state index in [1.807, 2.05) is 24.3 Å². The van der Waals surface area contributed by atoms with Crippen LogP contribution in [0.25, 0.3) is 0 Å². The van der Waals surface area contributed by atoms with E-state index in [9.17, 15) is 4.79 Å². The third kappa shape index (κ3) is 9.05. The molecule has 0 saturated carbocycles. The van der Waals surface area contributed by atoms with Crippen LogP contribution < -0.4 is 10.1 Å². The highest BCUT2D eigenvalue weighted by atomic mass is 16.5. The molecule has 1 amide bonds. The Morgan fingerprint density at radius 1 is 1.00 bits per heavy atom. The van der Waals surface area contributed by atoms with Gasteiger partial charge in [0.25, 0.3) is 0 Å². The number of likely N-dealkylation sites (N-methyl/N-ethyl adjacent to an activating group) is 1. The topological polar surface area (TPSA) is 56.8 Å². The molecule has 0 radical (unpaired) electrons. The quantitative estimate of drug-likeness (QED) is 0.634. The number of aryl methyl sites for hydroxylation is 1. The lowest BCUT2D eigenvalue weighted by Gasteiger charge is -2.07. The van der Waals surface area contributed by atoms with Crippen LogP contribution in [-0.4, -0.2) is 46.0 Å². The van der Waals surface area contributed by atoms with Gasteiger partial charge in [-0.1, -0.05) is 17.7 Å². The third-order valence-corrected chi connectivity index (χ3v) is 2.86. The predicted molar refractivity (Wildman–Crippen MR) is 81.6 cm³/mol. The predicted octanol–water partition coefficient (Wildman–Crippen LogP) is 1.93. The zero-order valence-electron chi connectivity index (χ0n) is 12.9. The van der Waals surface area contributed by atoms with E-state index in [-0.39, 0.29) is 12.5 Å². The SMILES string of the molecule is CNC(=O)COCCOCCCCOc1ccc(C)cc1. The van der Waals surface area contributed by atoms with Gasteiger partial charge in [0.15, 0.2) is 0 Å². The molecule has 21 heavy (non-hydrogen) atoms. The summed E-state index contributed by atoms with van der Waals surface area (Å²) in [5.41, 5.74) is 1.23. The number of rotatable bonds is 11. The first kappa shape index (κ1) is 17.5. The third-order valence-electron chi connectivity index (χ3n) is 2.86. The fraction of sp³-hybridized carbons (Fsp3) is 0.562. The largest absolute Gasteiger partial charge is 0.494 e. The molecule has 118 valence electrons. The van der Waals surface area contributed by atoms with Crippen molar-refractivity contribution in [2.45, 2.75) is 19.8 Å². The van der Waals surface area contributed by atoms with Gasteiger partial charge in [-0.25, -0.2) is 0 Å². The second kappa shape index (κ2) is 11.1. The number of unbranched alkanes of at least 4 members (excludes halogenated alkanes) is 1. The van der Waals surface area contributed by atoms with Gasteiger partial charge in [0.05, 0.1) is 19.8 Å². The van der Waals surface area contributed by atoms with Crippen molar-refractivity contribution in [3.63, 3.8) is 0 Å². The molecule has 0 heterocycles. The molecule has 1 N–H and O–H groups in total. The summed E-state index contributed by atoms with van der Waals surface area (Å²) >= 11 is 0. The Morgan fingerprint density at radius 3 is 2.38 bits per heavy atom. The van der Waals surface area contributed by atoms with Crippen LogP contribution in [0.1, 0.15) is 18.4 Å². The monoisotopic (exact) mass is 295 g/mol. The van der Waals surface area contributed by atoms with Gasteiger partial charge in [-0.05, 0) is 31.9 Å². The number of nitrogens with one attached hydrogen (secondary N) is 1. The van der Waals surface area contributed by atoms with Crippen molar-refractivity contribution in [2.75, 3.05) is 40.1 Å². The van der Waals surface area contributed by atoms with E-state index in [0.717, 1.165) is 18.6 Å². The maximum Gasteiger partial charge on any atom is 0.245 e. The summed E-state index contributed by atoms with van der Waals surface area (Å²) in [6.07, 6.45) is 1.90. The molecule has 0 atom stereocenters. The Balaban J connectivity index is 1.86. The number of hydrogen-bond acceptors (Lipinski definition) is 4. The minimum atomic E-state index is -0.122. The van der Waals surface area contributed by atoms with Gasteiger partial charge in [-0.2, -0.15) is 0 Å². The van der Waals surface area contributed by atoms with Crippen LogP contribution >= 0.6 is 0 Å². The molecule has 5 heteroatoms. The first-order chi connectivity index (χ1) is 10.2. The lowest BCUT2D eigenvalue weighted by molar-refractivity contribution is -0.125. The average Bonchev–Trinajstić information content (AvgIpc) is 2.50. The van der Waals surface area contributed by atoms with Crippen LogP contribution in [0.2, 0.25) is 0 Å². The van der Waals surface area contributed by atoms with Crippen molar-refractivity contribution in [3.8, 4) is 5.75 Å². The molecule has 1 rings (SSSR count). The Bertz CT molecular complexity index is 392. The standard InChI is InChI=1S/C16H25NO4/c1-14-5-7-15(8-6-14)21-10-4-3-9-19-11-12-20-13-16(18)17-2/h5-8H,3-4,9-13H2,1-2H3,(H,17,18). The first-order valence-electron chi connectivity index (χ1n) is 7.28. The number of ether oxygens (including phenoxy) is 3. The normalized spacial score (nSPS) is 10.4. The highest BCUT2D eigenvalue weighted by Gasteiger charge is 1.97. The van der Waals surface area contributed by atoms with E-state index >= 15 is 0 Å². The second-order valence-electron chi connectivity index (χ2n) is 4.71. The van der Waals surface area contributed by atoms with Crippen molar-refractivity contribution in [1.82, 2.24) is 5.32 Å². The molecule has 0 aliphatic heterocycles. The van der Waals surface area contributed by atoms with Crippen LogP contribution in [-0.2, 0) is 14.3 Å². The van der Waals surface area contributed by atoms with E-state index in [0.29, 0.717) is 26.4 Å². The summed E-state index contributed by atoms with van der Waals surface area (Å²) in [4.78, 5) is 10.9. The maximum atomic E-state index is 10.9. The lowest BCUT2D eigenvalue weighted by atomic mass is 10.2. The maximum absolute atomic E-state index is 10.9. The highest BCUT2D eigenvalue weighted by Crippen LogP contribution is 2.11. The molecule has 0 spiro atoms. The molecule has 1 aromatic rings. The lowest BCUT2D eigenvalue weighted by Crippen LogP contribution is -2.24. The zero-order valence-corrected chi connectivity index (χ0v) is 12.9. The smallest absolute Gasteiger partial charge is 0.245 e. The Labute approximate surface area is 126 Å². The fourth-order valence-corrected chi connectivity index (χ4v) is 1.59. The molecule has 0 aliphatic carbocycles. The molecular weight excluding hydrogens is 270 g/mol. The van der Waals surface area contributed by atoms with Crippen molar-refractivity contribution >= 4 is 5.91 Å². The Hall–Kier alpha value is -1.59. The van der Waals surface area contributed by atoms with Gasteiger partial charge in [0.1, 0.15) is 12.4 Å². The molecule has 0 unspecified atom stereocenters. The van der Waals surface area contributed by atoms with Gasteiger partial charge in [-0.3, -0.25) is 4.79 Å². The number of carbonyl (C=O) groups excluding carboxylic acids is 1. The van der Waals surface area contributed by atoms with Crippen LogP contribution in [0.5, 0.6) is 5.75 Å². The van der Waals surface area contributed by atoms with Crippen molar-refractivity contribution in [3.05, 3.63) is 29.8 Å². The van der Waals surface area contributed by atoms with Crippen LogP contribution in [0, 0.1) is 6.92 Å². The Morgan fingerprint density at radius 2 is 1.67 bits per heavy atom. The summed E-state index contributed by atoms with van der Waals surface area (Å²) in [5, 5.41) is 2.49. The minimum absolute atomic E-state index is 0.0875. The molecular formula is C16H25NO4.